The van der Waals surface area contributed by atoms with E-state index in [1.807, 2.05) is 127 Å². The molecule has 5 aliphatic rings. The van der Waals surface area contributed by atoms with Gasteiger partial charge in [-0.2, -0.15) is 0 Å². The number of carbonyl (C=O) groups is 5. The average molecular weight is 1990 g/mol. The molecule has 0 unspecified atom stereocenters. The van der Waals surface area contributed by atoms with E-state index >= 15 is 0 Å². The fourth-order valence-electron chi connectivity index (χ4n) is 22.7. The van der Waals surface area contributed by atoms with Crippen molar-refractivity contribution in [3.8, 4) is 57.0 Å². The normalized spacial score (nSPS) is 19.5. The Morgan fingerprint density at radius 3 is 1.36 bits per heavy atom. The number of aromatic amines is 5. The van der Waals surface area contributed by atoms with E-state index < -0.39 is 11.9 Å². The van der Waals surface area contributed by atoms with Crippen molar-refractivity contribution in [3.63, 3.8) is 0 Å². The number of benzene rings is 2. The molecule has 5 saturated carbocycles. The first-order valence-electron chi connectivity index (χ1n) is 50.9. The number of anilines is 5. The molecule has 0 aliphatic heterocycles. The van der Waals surface area contributed by atoms with Crippen molar-refractivity contribution in [2.24, 2.45) is 35.3 Å². The molecule has 148 heavy (non-hydrogen) atoms. The summed E-state index contributed by atoms with van der Waals surface area (Å²) >= 11 is 0. The number of imidazole rings is 5. The van der Waals surface area contributed by atoms with Gasteiger partial charge >= 0.3 is 11.9 Å². The Hall–Kier alpha value is -17.2. The van der Waals surface area contributed by atoms with Crippen LogP contribution in [0.1, 0.15) is 219 Å². The van der Waals surface area contributed by atoms with Crippen molar-refractivity contribution < 1.29 is 38.6 Å². The number of furan rings is 1. The number of aliphatic carboxylic acids is 2. The number of nitrogen functional groups attached to an aromatic ring is 5. The van der Waals surface area contributed by atoms with Crippen LogP contribution in [0.2, 0.25) is 0 Å². The third-order valence-corrected chi connectivity index (χ3v) is 30.5. The summed E-state index contributed by atoms with van der Waals surface area (Å²) in [5, 5.41) is 28.5. The van der Waals surface area contributed by atoms with E-state index in [0.717, 1.165) is 268 Å². The number of nitrogens with one attached hydrogen (secondary N) is 7. The number of hydrogen-bond acceptors (Lipinski definition) is 24. The summed E-state index contributed by atoms with van der Waals surface area (Å²) in [4.78, 5) is 140. The first-order valence-corrected chi connectivity index (χ1v) is 50.9. The number of primary amides is 1. The summed E-state index contributed by atoms with van der Waals surface area (Å²) in [5.74, 6) is 7.89. The van der Waals surface area contributed by atoms with E-state index in [2.05, 4.69) is 113 Å². The van der Waals surface area contributed by atoms with E-state index in [0.29, 0.717) is 112 Å². The van der Waals surface area contributed by atoms with Crippen LogP contribution in [0, 0.1) is 36.5 Å². The van der Waals surface area contributed by atoms with Crippen molar-refractivity contribution in [3.05, 3.63) is 228 Å². The van der Waals surface area contributed by atoms with Crippen LogP contribution >= 0.6 is 0 Å². The fourth-order valence-corrected chi connectivity index (χ4v) is 22.7. The third-order valence-electron chi connectivity index (χ3n) is 30.5. The predicted octanol–water partition coefficient (Wildman–Crippen LogP) is 17.2. The van der Waals surface area contributed by atoms with Crippen molar-refractivity contribution in [1.29, 1.82) is 0 Å². The van der Waals surface area contributed by atoms with Crippen LogP contribution in [-0.2, 0) is 30.4 Å². The Bertz CT molecular complexity index is 8150. The molecule has 758 valence electrons. The lowest BCUT2D eigenvalue weighted by atomic mass is 9.81. The number of fused-ring (bicyclic) bond motifs is 10. The van der Waals surface area contributed by atoms with Crippen LogP contribution in [0.4, 0.5) is 29.1 Å². The number of hydrogen-bond donors (Lipinski definition) is 15. The molecule has 0 atom stereocenters. The third kappa shape index (κ3) is 19.2. The second-order valence-electron chi connectivity index (χ2n) is 39.8. The topological polar surface area (TPSA) is 592 Å². The van der Waals surface area contributed by atoms with Crippen molar-refractivity contribution in [2.45, 2.75) is 192 Å². The standard InChI is InChI=1S/C23H25N5O2.2C22H25N7O.C22H23N5O2.C20H20N6O3/c1-2-16-12-25-21(24)20-19(18-11-15-5-3-4-6-17(15)26-18)27-22(28(16)20)13-7-9-14(10-8-13)23(29)30;1-13(30)26-12-14-4-6-15(7-5-14)22-28-19(20-21(23)25-9-10-29(20)22)18-11-17-16(27-18)3-2-8-24-17;1-13(30)26-12-14-4-6-15(7-5-14)22-28-18(19-20(23)24-9-10-29(19)22)17-11-16-3-2-8-25-21(16)27-17;1-12-11-25-20(23)19-18(17-10-15-4-2-3-5-16(15)29-17)26-22(27(12)19)14-8-6-13(7-9-14)21(24)28;21-17-16-15(13-9-12-5-6-23-19(27)14(12)24-13)25-18(26(16)8-7-22-17)10-1-3-11(4-2-10)20(28)29/h3-6,11-14,26H,2,7-10H2,1H3,(H2,24,25)(H,29,30);2-3,8-11,14-15,27H,4-7,12H2,1H3,(H2,23,25)(H,26,30);2-3,8-11,14-15H,4-7,12H2,1H3,(H2,23,24)(H,25,27)(H,26,30);2-5,10-11,13-14H,6-9H2,1H3,(H2,23,25)(H2,24,28);5-11,24H,1-4H2,(H2,21,22)(H,23,27)(H,28,29). The lowest BCUT2D eigenvalue weighted by Gasteiger charge is -2.27. The maximum absolute atomic E-state index is 12.1. The SMILES string of the molecule is CC(=O)NCC1CCC(c2nc(-c3cc4cccnc4[nH]3)c3c(N)nccn23)CC1.CC(=O)NCC1CCC(c2nc(-c3cc4ncccc4[nH]3)c3c(N)nccn23)CC1.CCc1cnc(N)c2c(-c3cc4ccccc4[nH]3)nc(C3CCC(C(=O)O)CC3)n12.Cc1cnc(N)c2c(-c3cc4ccccc4o3)nc(C3CCC(C(N)=O)CC3)n12.Nc1nccn2c(C3CCC(C(=O)O)CC3)nc(-c3cc4cc[nH]c(=O)c4[nH]3)c12. The van der Waals surface area contributed by atoms with Crippen LogP contribution in [0.15, 0.2) is 187 Å². The number of aryl methyl sites for hydroxylation is 2. The molecule has 5 fully saturated rings. The molecule has 5 aliphatic carbocycles. The van der Waals surface area contributed by atoms with Crippen molar-refractivity contribution >= 4 is 141 Å². The number of amides is 3. The Balaban J connectivity index is 0.000000108. The van der Waals surface area contributed by atoms with Gasteiger partial charge in [0.15, 0.2) is 5.76 Å². The van der Waals surface area contributed by atoms with Gasteiger partial charge in [-0.25, -0.2) is 54.8 Å². The van der Waals surface area contributed by atoms with Gasteiger partial charge < -0.3 is 84.6 Å². The van der Waals surface area contributed by atoms with E-state index in [1.165, 1.54) is 0 Å². The van der Waals surface area contributed by atoms with Gasteiger partial charge in [0.1, 0.15) is 131 Å². The minimum Gasteiger partial charge on any atom is -0.481 e. The molecule has 39 heteroatoms. The maximum atomic E-state index is 12.1. The smallest absolute Gasteiger partial charge is 0.306 e. The van der Waals surface area contributed by atoms with Gasteiger partial charge in [0.25, 0.3) is 5.56 Å². The number of carboxylic acids is 2. The Labute approximate surface area is 846 Å². The number of para-hydroxylation sites is 2. The molecule has 0 spiro atoms. The molecule has 3 amide bonds. The van der Waals surface area contributed by atoms with Crippen molar-refractivity contribution in [2.75, 3.05) is 41.8 Å². The molecule has 20 aromatic rings. The minimum atomic E-state index is -0.728. The zero-order valence-corrected chi connectivity index (χ0v) is 82.6. The number of aromatic nitrogens is 22. The lowest BCUT2D eigenvalue weighted by molar-refractivity contribution is -0.143. The molecule has 0 radical (unpaired) electrons. The number of pyridine rings is 3. The zero-order chi connectivity index (χ0) is 102. The highest BCUT2D eigenvalue weighted by atomic mass is 16.4. The Kier molecular flexibility index (Phi) is 27.0. The molecule has 25 rings (SSSR count). The largest absolute Gasteiger partial charge is 0.481 e. The monoisotopic (exact) mass is 1990 g/mol. The van der Waals surface area contributed by atoms with Crippen LogP contribution in [0.5, 0.6) is 0 Å². The van der Waals surface area contributed by atoms with E-state index in [9.17, 15) is 39.0 Å². The molecular formula is C109H118N30O9. The minimum absolute atomic E-state index is 0.0387. The van der Waals surface area contributed by atoms with E-state index in [-0.39, 0.29) is 58.8 Å². The molecule has 0 saturated heterocycles. The number of rotatable bonds is 18. The molecule has 21 N–H and O–H groups in total. The van der Waals surface area contributed by atoms with Crippen molar-refractivity contribution in [1.82, 2.24) is 117 Å². The highest BCUT2D eigenvalue weighted by Gasteiger charge is 2.38. The van der Waals surface area contributed by atoms with Gasteiger partial charge in [0.05, 0.1) is 45.6 Å². The molecule has 18 heterocycles. The van der Waals surface area contributed by atoms with E-state index in [4.69, 9.17) is 63.7 Å². The number of H-pyrrole nitrogens is 5. The summed E-state index contributed by atoms with van der Waals surface area (Å²) in [5.41, 5.74) is 54.9. The van der Waals surface area contributed by atoms with Gasteiger partial charge in [0, 0.05) is 169 Å². The number of carboxylic acid groups (broad SMARTS) is 2. The summed E-state index contributed by atoms with van der Waals surface area (Å²) < 4.78 is 16.5. The first-order chi connectivity index (χ1) is 71.8. The van der Waals surface area contributed by atoms with Gasteiger partial charge in [-0.3, -0.25) is 55.8 Å². The van der Waals surface area contributed by atoms with Gasteiger partial charge in [-0.1, -0.05) is 43.3 Å². The number of nitrogens with zero attached hydrogens (tertiary/aromatic N) is 17. The summed E-state index contributed by atoms with van der Waals surface area (Å²) in [7, 11) is 0. The van der Waals surface area contributed by atoms with Gasteiger partial charge in [0.2, 0.25) is 17.7 Å². The average Bonchev–Trinajstić information content (AvgIpc) is 1.57. The quantitative estimate of drug-likeness (QED) is 0.0379. The van der Waals surface area contributed by atoms with Gasteiger partial charge in [-0.05, 0) is 226 Å². The lowest BCUT2D eigenvalue weighted by Crippen LogP contribution is -2.29. The van der Waals surface area contributed by atoms with Crippen LogP contribution in [0.25, 0.3) is 139 Å². The second kappa shape index (κ2) is 41.2. The second-order valence-corrected chi connectivity index (χ2v) is 39.8. The summed E-state index contributed by atoms with van der Waals surface area (Å²) in [6.45, 7) is 8.76. The summed E-state index contributed by atoms with van der Waals surface area (Å²) in [6, 6.07) is 35.8. The van der Waals surface area contributed by atoms with Crippen LogP contribution < -0.4 is 50.6 Å². The van der Waals surface area contributed by atoms with Crippen LogP contribution in [0.3, 0.4) is 0 Å². The van der Waals surface area contributed by atoms with Gasteiger partial charge in [-0.15, -0.1) is 0 Å². The van der Waals surface area contributed by atoms with E-state index in [1.54, 1.807) is 57.2 Å². The molecule has 2 aromatic carbocycles. The molecular weight excluding hydrogens is 1870 g/mol. The Morgan fingerprint density at radius 1 is 0.419 bits per heavy atom. The molecule has 39 nitrogen and oxygen atoms in total. The highest BCUT2D eigenvalue weighted by molar-refractivity contribution is 5.96. The maximum Gasteiger partial charge on any atom is 0.306 e. The molecule has 18 aromatic heterocycles. The Morgan fingerprint density at radius 2 is 0.845 bits per heavy atom. The number of nitrogens with two attached hydrogens (primary N) is 6. The zero-order valence-electron chi connectivity index (χ0n) is 82.6. The number of carbonyl (C=O) groups excluding carboxylic acids is 3. The molecule has 0 bridgehead atoms. The predicted molar refractivity (Wildman–Crippen MR) is 567 cm³/mol. The van der Waals surface area contributed by atoms with Crippen LogP contribution in [-0.4, -0.2) is 160 Å². The summed E-state index contributed by atoms with van der Waals surface area (Å²) in [6.07, 6.45) is 37.9. The highest BCUT2D eigenvalue weighted by Crippen LogP contribution is 2.47. The first kappa shape index (κ1) is 96.9. The fraction of sp³-hybridized carbons (Fsp3) is 0.339.